The van der Waals surface area contributed by atoms with Crippen LogP contribution in [-0.2, 0) is 6.42 Å². The van der Waals surface area contributed by atoms with E-state index in [0.29, 0.717) is 5.95 Å². The van der Waals surface area contributed by atoms with Gasteiger partial charge in [-0.3, -0.25) is 0 Å². The van der Waals surface area contributed by atoms with Gasteiger partial charge >= 0.3 is 0 Å². The van der Waals surface area contributed by atoms with E-state index in [-0.39, 0.29) is 0 Å². The number of nitrogens with zero attached hydrogens (tertiary/aromatic N) is 2. The Balaban J connectivity index is 1.71. The van der Waals surface area contributed by atoms with E-state index in [1.54, 1.807) is 6.20 Å². The molecule has 0 spiro atoms. The van der Waals surface area contributed by atoms with Crippen LogP contribution in [0.15, 0.2) is 42.6 Å². The minimum Gasteiger partial charge on any atom is -0.370 e. The molecule has 0 saturated heterocycles. The van der Waals surface area contributed by atoms with Crippen LogP contribution in [-0.4, -0.2) is 23.1 Å². The van der Waals surface area contributed by atoms with Crippen molar-refractivity contribution in [1.82, 2.24) is 9.97 Å². The standard InChI is InChI=1S/C17H24N4/c1-2-3-12-18-16-11-14-20-17(21-16)19-13-7-10-15-8-5-4-6-9-15/h4-6,8-9,11,14H,2-3,7,10,12-13H2,1H3,(H2,18,19,20,21). The van der Waals surface area contributed by atoms with Gasteiger partial charge in [-0.05, 0) is 30.9 Å². The van der Waals surface area contributed by atoms with Gasteiger partial charge in [0.1, 0.15) is 5.82 Å². The maximum atomic E-state index is 4.46. The molecular weight excluding hydrogens is 260 g/mol. The summed E-state index contributed by atoms with van der Waals surface area (Å²) >= 11 is 0. The predicted molar refractivity (Wildman–Crippen MR) is 88.7 cm³/mol. The Morgan fingerprint density at radius 1 is 0.952 bits per heavy atom. The quantitative estimate of drug-likeness (QED) is 0.689. The zero-order chi connectivity index (χ0) is 14.8. The Kier molecular flexibility index (Phi) is 6.52. The van der Waals surface area contributed by atoms with Crippen molar-refractivity contribution in [3.8, 4) is 0 Å². The minimum atomic E-state index is 0.699. The maximum Gasteiger partial charge on any atom is 0.224 e. The SMILES string of the molecule is CCCCNc1ccnc(NCCCc2ccccc2)n1. The van der Waals surface area contributed by atoms with Crippen LogP contribution in [0.2, 0.25) is 0 Å². The maximum absolute atomic E-state index is 4.46. The summed E-state index contributed by atoms with van der Waals surface area (Å²) in [6.45, 7) is 4.02. The molecule has 0 aliphatic heterocycles. The molecule has 21 heavy (non-hydrogen) atoms. The molecule has 0 aliphatic rings. The molecule has 1 aromatic heterocycles. The van der Waals surface area contributed by atoms with Crippen LogP contribution < -0.4 is 10.6 Å². The molecule has 0 amide bonds. The lowest BCUT2D eigenvalue weighted by molar-refractivity contribution is 0.828. The molecule has 4 heteroatoms. The summed E-state index contributed by atoms with van der Waals surface area (Å²) < 4.78 is 0. The summed E-state index contributed by atoms with van der Waals surface area (Å²) in [5.41, 5.74) is 1.37. The van der Waals surface area contributed by atoms with Gasteiger partial charge in [-0.2, -0.15) is 4.98 Å². The van der Waals surface area contributed by atoms with Crippen LogP contribution in [0.3, 0.4) is 0 Å². The smallest absolute Gasteiger partial charge is 0.224 e. The molecule has 2 N–H and O–H groups in total. The number of aromatic nitrogens is 2. The van der Waals surface area contributed by atoms with E-state index < -0.39 is 0 Å². The number of anilines is 2. The van der Waals surface area contributed by atoms with Gasteiger partial charge in [0, 0.05) is 19.3 Å². The van der Waals surface area contributed by atoms with Crippen molar-refractivity contribution in [2.75, 3.05) is 23.7 Å². The first-order chi connectivity index (χ1) is 10.4. The second-order valence-corrected chi connectivity index (χ2v) is 5.06. The third-order valence-corrected chi connectivity index (χ3v) is 3.26. The van der Waals surface area contributed by atoms with Crippen LogP contribution >= 0.6 is 0 Å². The molecule has 0 bridgehead atoms. The molecule has 2 rings (SSSR count). The lowest BCUT2D eigenvalue weighted by Gasteiger charge is -2.08. The van der Waals surface area contributed by atoms with Crippen molar-refractivity contribution < 1.29 is 0 Å². The topological polar surface area (TPSA) is 49.8 Å². The fourth-order valence-electron chi connectivity index (χ4n) is 2.07. The Hall–Kier alpha value is -2.10. The second kappa shape index (κ2) is 8.95. The highest BCUT2D eigenvalue weighted by Gasteiger charge is 1.98. The number of aryl methyl sites for hydroxylation is 1. The molecule has 0 radical (unpaired) electrons. The average Bonchev–Trinajstić information content (AvgIpc) is 2.53. The lowest BCUT2D eigenvalue weighted by Crippen LogP contribution is -2.09. The Morgan fingerprint density at radius 3 is 2.57 bits per heavy atom. The molecule has 0 saturated carbocycles. The molecule has 0 atom stereocenters. The summed E-state index contributed by atoms with van der Waals surface area (Å²) in [7, 11) is 0. The van der Waals surface area contributed by atoms with E-state index in [4.69, 9.17) is 0 Å². The largest absolute Gasteiger partial charge is 0.370 e. The van der Waals surface area contributed by atoms with Crippen molar-refractivity contribution in [2.45, 2.75) is 32.6 Å². The zero-order valence-electron chi connectivity index (χ0n) is 12.7. The van der Waals surface area contributed by atoms with Crippen molar-refractivity contribution in [2.24, 2.45) is 0 Å². The van der Waals surface area contributed by atoms with Crippen LogP contribution in [0.25, 0.3) is 0 Å². The summed E-state index contributed by atoms with van der Waals surface area (Å²) in [5.74, 6) is 1.59. The molecule has 0 aliphatic carbocycles. The van der Waals surface area contributed by atoms with E-state index in [0.717, 1.165) is 38.2 Å². The highest BCUT2D eigenvalue weighted by Crippen LogP contribution is 2.07. The molecular formula is C17H24N4. The van der Waals surface area contributed by atoms with Crippen molar-refractivity contribution in [3.63, 3.8) is 0 Å². The van der Waals surface area contributed by atoms with Gasteiger partial charge in [0.15, 0.2) is 0 Å². The van der Waals surface area contributed by atoms with Gasteiger partial charge in [0.25, 0.3) is 0 Å². The number of rotatable bonds is 9. The minimum absolute atomic E-state index is 0.699. The van der Waals surface area contributed by atoms with E-state index in [1.165, 1.54) is 12.0 Å². The molecule has 1 aromatic carbocycles. The number of hydrogen-bond acceptors (Lipinski definition) is 4. The second-order valence-electron chi connectivity index (χ2n) is 5.06. The fourth-order valence-corrected chi connectivity index (χ4v) is 2.07. The molecule has 0 fully saturated rings. The van der Waals surface area contributed by atoms with Gasteiger partial charge in [0.05, 0.1) is 0 Å². The Morgan fingerprint density at radius 2 is 1.76 bits per heavy atom. The average molecular weight is 284 g/mol. The van der Waals surface area contributed by atoms with E-state index in [2.05, 4.69) is 51.8 Å². The molecule has 1 heterocycles. The number of nitrogens with one attached hydrogen (secondary N) is 2. The van der Waals surface area contributed by atoms with E-state index in [1.807, 2.05) is 12.1 Å². The van der Waals surface area contributed by atoms with Crippen molar-refractivity contribution in [1.29, 1.82) is 0 Å². The molecule has 0 unspecified atom stereocenters. The van der Waals surface area contributed by atoms with Gasteiger partial charge in [-0.15, -0.1) is 0 Å². The first-order valence-electron chi connectivity index (χ1n) is 7.73. The van der Waals surface area contributed by atoms with Crippen LogP contribution in [0.4, 0.5) is 11.8 Å². The molecule has 112 valence electrons. The normalized spacial score (nSPS) is 10.3. The van der Waals surface area contributed by atoms with Crippen LogP contribution in [0.5, 0.6) is 0 Å². The Bertz CT molecular complexity index is 513. The third kappa shape index (κ3) is 5.81. The number of unbranched alkanes of at least 4 members (excludes halogenated alkanes) is 1. The fraction of sp³-hybridized carbons (Fsp3) is 0.412. The van der Waals surface area contributed by atoms with Crippen LogP contribution in [0.1, 0.15) is 31.7 Å². The summed E-state index contributed by atoms with van der Waals surface area (Å²) in [4.78, 5) is 8.71. The molecule has 2 aromatic rings. The first-order valence-corrected chi connectivity index (χ1v) is 7.73. The zero-order valence-corrected chi connectivity index (χ0v) is 12.7. The molecule has 4 nitrogen and oxygen atoms in total. The monoisotopic (exact) mass is 284 g/mol. The van der Waals surface area contributed by atoms with Crippen molar-refractivity contribution >= 4 is 11.8 Å². The van der Waals surface area contributed by atoms with E-state index >= 15 is 0 Å². The Labute approximate surface area is 127 Å². The lowest BCUT2D eigenvalue weighted by atomic mass is 10.1. The summed E-state index contributed by atoms with van der Waals surface area (Å²) in [6, 6.07) is 12.4. The summed E-state index contributed by atoms with van der Waals surface area (Å²) in [6.07, 6.45) is 6.27. The van der Waals surface area contributed by atoms with Gasteiger partial charge in [-0.1, -0.05) is 43.7 Å². The van der Waals surface area contributed by atoms with E-state index in [9.17, 15) is 0 Å². The van der Waals surface area contributed by atoms with Crippen molar-refractivity contribution in [3.05, 3.63) is 48.2 Å². The van der Waals surface area contributed by atoms with Crippen LogP contribution in [0, 0.1) is 0 Å². The highest BCUT2D eigenvalue weighted by molar-refractivity contribution is 5.39. The highest BCUT2D eigenvalue weighted by atomic mass is 15.1. The summed E-state index contributed by atoms with van der Waals surface area (Å²) in [5, 5.41) is 6.59. The van der Waals surface area contributed by atoms with Gasteiger partial charge < -0.3 is 10.6 Å². The predicted octanol–water partition coefficient (Wildman–Crippen LogP) is 3.73. The number of benzene rings is 1. The van der Waals surface area contributed by atoms with Gasteiger partial charge in [-0.25, -0.2) is 4.98 Å². The van der Waals surface area contributed by atoms with Gasteiger partial charge in [0.2, 0.25) is 5.95 Å². The number of hydrogen-bond donors (Lipinski definition) is 2. The third-order valence-electron chi connectivity index (χ3n) is 3.26. The first kappa shape index (κ1) is 15.3.